The standard InChI is InChI=1S/C14H24F2N2O4/c1-13(2,3)18-12(20)22-10(11(19)17-8-21-4)5-9-6-14(15,16)7-9/h9-10H,5-8H2,1-4H3,(H,17,19)(H,18,20)/t10-/m0/s1. The molecule has 1 saturated carbocycles. The van der Waals surface area contributed by atoms with Crippen LogP contribution in [0.15, 0.2) is 0 Å². The fourth-order valence-corrected chi connectivity index (χ4v) is 2.18. The first-order valence-electron chi connectivity index (χ1n) is 7.16. The molecule has 0 spiro atoms. The van der Waals surface area contributed by atoms with Gasteiger partial charge in [0.15, 0.2) is 6.10 Å². The van der Waals surface area contributed by atoms with Gasteiger partial charge in [-0.15, -0.1) is 0 Å². The van der Waals surface area contributed by atoms with Gasteiger partial charge in [-0.25, -0.2) is 13.6 Å². The maximum atomic E-state index is 12.9. The largest absolute Gasteiger partial charge is 0.436 e. The molecule has 0 radical (unpaired) electrons. The number of amides is 2. The summed E-state index contributed by atoms with van der Waals surface area (Å²) in [4.78, 5) is 23.7. The van der Waals surface area contributed by atoms with Gasteiger partial charge in [-0.05, 0) is 33.1 Å². The quantitative estimate of drug-likeness (QED) is 0.734. The first kappa shape index (κ1) is 18.6. The van der Waals surface area contributed by atoms with Crippen molar-refractivity contribution in [1.29, 1.82) is 0 Å². The first-order valence-corrected chi connectivity index (χ1v) is 7.16. The van der Waals surface area contributed by atoms with Crippen molar-refractivity contribution < 1.29 is 27.8 Å². The van der Waals surface area contributed by atoms with E-state index in [-0.39, 0.29) is 31.9 Å². The van der Waals surface area contributed by atoms with E-state index in [1.165, 1.54) is 7.11 Å². The number of hydrogen-bond acceptors (Lipinski definition) is 4. The van der Waals surface area contributed by atoms with Crippen LogP contribution >= 0.6 is 0 Å². The molecule has 1 aliphatic rings. The molecule has 0 saturated heterocycles. The lowest BCUT2D eigenvalue weighted by atomic mass is 9.78. The summed E-state index contributed by atoms with van der Waals surface area (Å²) < 4.78 is 35.6. The molecule has 8 heteroatoms. The Morgan fingerprint density at radius 1 is 1.32 bits per heavy atom. The highest BCUT2D eigenvalue weighted by Gasteiger charge is 2.47. The van der Waals surface area contributed by atoms with Crippen LogP contribution in [0.1, 0.15) is 40.0 Å². The minimum absolute atomic E-state index is 0.0413. The maximum absolute atomic E-state index is 12.9. The van der Waals surface area contributed by atoms with Crippen LogP contribution in [0.4, 0.5) is 13.6 Å². The third-order valence-corrected chi connectivity index (χ3v) is 3.13. The lowest BCUT2D eigenvalue weighted by molar-refractivity contribution is -0.140. The number of halogens is 2. The van der Waals surface area contributed by atoms with Gasteiger partial charge in [-0.1, -0.05) is 0 Å². The van der Waals surface area contributed by atoms with E-state index in [0.29, 0.717) is 0 Å². The van der Waals surface area contributed by atoms with Crippen molar-refractivity contribution in [2.24, 2.45) is 5.92 Å². The summed E-state index contributed by atoms with van der Waals surface area (Å²) in [7, 11) is 1.40. The Bertz CT molecular complexity index is 402. The number of alkyl carbamates (subject to hydrolysis) is 1. The average Bonchev–Trinajstić information content (AvgIpc) is 2.30. The summed E-state index contributed by atoms with van der Waals surface area (Å²) >= 11 is 0. The lowest BCUT2D eigenvalue weighted by Crippen LogP contribution is -2.47. The average molecular weight is 322 g/mol. The Morgan fingerprint density at radius 2 is 1.91 bits per heavy atom. The molecule has 1 atom stereocenters. The predicted molar refractivity (Wildman–Crippen MR) is 75.5 cm³/mol. The minimum atomic E-state index is -2.67. The molecular formula is C14H24F2N2O4. The second-order valence-corrected chi connectivity index (χ2v) is 6.61. The number of carbonyl (C=O) groups is 2. The Labute approximate surface area is 128 Å². The molecule has 0 bridgehead atoms. The Morgan fingerprint density at radius 3 is 2.36 bits per heavy atom. The molecule has 0 heterocycles. The van der Waals surface area contributed by atoms with Crippen LogP contribution in [0, 0.1) is 5.92 Å². The summed E-state index contributed by atoms with van der Waals surface area (Å²) in [5, 5.41) is 4.99. The van der Waals surface area contributed by atoms with Gasteiger partial charge in [0.25, 0.3) is 5.91 Å². The molecule has 1 aliphatic carbocycles. The highest BCUT2D eigenvalue weighted by Crippen LogP contribution is 2.44. The Kier molecular flexibility index (Phi) is 6.10. The fraction of sp³-hybridized carbons (Fsp3) is 0.857. The van der Waals surface area contributed by atoms with E-state index in [4.69, 9.17) is 9.47 Å². The Hall–Kier alpha value is -1.44. The topological polar surface area (TPSA) is 76.7 Å². The second kappa shape index (κ2) is 7.21. The third kappa shape index (κ3) is 6.55. The normalized spacial score (nSPS) is 19.0. The van der Waals surface area contributed by atoms with Crippen molar-refractivity contribution in [2.75, 3.05) is 13.8 Å². The van der Waals surface area contributed by atoms with Gasteiger partial charge in [-0.3, -0.25) is 4.79 Å². The van der Waals surface area contributed by atoms with Crippen LogP contribution in [0.3, 0.4) is 0 Å². The lowest BCUT2D eigenvalue weighted by Gasteiger charge is -2.36. The summed E-state index contributed by atoms with van der Waals surface area (Å²) in [6.07, 6.45) is -2.37. The molecule has 2 N–H and O–H groups in total. The summed E-state index contributed by atoms with van der Waals surface area (Å²) in [5.74, 6) is -3.57. The highest BCUT2D eigenvalue weighted by atomic mass is 19.3. The van der Waals surface area contributed by atoms with Gasteiger partial charge in [0.1, 0.15) is 6.73 Å². The van der Waals surface area contributed by atoms with Crippen LogP contribution in [-0.4, -0.2) is 43.4 Å². The van der Waals surface area contributed by atoms with E-state index in [1.54, 1.807) is 20.8 Å². The van der Waals surface area contributed by atoms with Crippen LogP contribution in [0.5, 0.6) is 0 Å². The molecule has 0 aromatic carbocycles. The van der Waals surface area contributed by atoms with Crippen molar-refractivity contribution in [3.8, 4) is 0 Å². The van der Waals surface area contributed by atoms with E-state index < -0.39 is 29.6 Å². The number of nitrogens with one attached hydrogen (secondary N) is 2. The zero-order valence-electron chi connectivity index (χ0n) is 13.4. The van der Waals surface area contributed by atoms with Crippen LogP contribution < -0.4 is 10.6 Å². The molecule has 6 nitrogen and oxygen atoms in total. The zero-order valence-corrected chi connectivity index (χ0v) is 13.4. The van der Waals surface area contributed by atoms with Crippen LogP contribution in [0.25, 0.3) is 0 Å². The van der Waals surface area contributed by atoms with Gasteiger partial charge >= 0.3 is 6.09 Å². The molecule has 22 heavy (non-hydrogen) atoms. The van der Waals surface area contributed by atoms with Gasteiger partial charge < -0.3 is 20.1 Å². The van der Waals surface area contributed by atoms with Crippen molar-refractivity contribution in [1.82, 2.24) is 10.6 Å². The van der Waals surface area contributed by atoms with Crippen molar-refractivity contribution in [3.05, 3.63) is 0 Å². The molecule has 1 fully saturated rings. The number of methoxy groups -OCH3 is 1. The molecular weight excluding hydrogens is 298 g/mol. The van der Waals surface area contributed by atoms with Gasteiger partial charge in [-0.2, -0.15) is 0 Å². The highest BCUT2D eigenvalue weighted by molar-refractivity contribution is 5.83. The van der Waals surface area contributed by atoms with E-state index in [9.17, 15) is 18.4 Å². The van der Waals surface area contributed by atoms with Crippen LogP contribution in [0.2, 0.25) is 0 Å². The molecule has 0 aromatic heterocycles. The van der Waals surface area contributed by atoms with Gasteiger partial charge in [0, 0.05) is 25.5 Å². The fourth-order valence-electron chi connectivity index (χ4n) is 2.18. The second-order valence-electron chi connectivity index (χ2n) is 6.61. The molecule has 0 aliphatic heterocycles. The van der Waals surface area contributed by atoms with Gasteiger partial charge in [0.05, 0.1) is 0 Å². The van der Waals surface area contributed by atoms with Crippen molar-refractivity contribution in [3.63, 3.8) is 0 Å². The third-order valence-electron chi connectivity index (χ3n) is 3.13. The van der Waals surface area contributed by atoms with Gasteiger partial charge in [0.2, 0.25) is 5.92 Å². The summed E-state index contributed by atoms with van der Waals surface area (Å²) in [6, 6.07) is 0. The number of rotatable bonds is 6. The molecule has 2 amide bonds. The van der Waals surface area contributed by atoms with Crippen LogP contribution in [-0.2, 0) is 14.3 Å². The minimum Gasteiger partial charge on any atom is -0.436 e. The van der Waals surface area contributed by atoms with E-state index in [2.05, 4.69) is 10.6 Å². The molecule has 0 unspecified atom stereocenters. The monoisotopic (exact) mass is 322 g/mol. The number of carbonyl (C=O) groups excluding carboxylic acids is 2. The van der Waals surface area contributed by atoms with Crippen molar-refractivity contribution >= 4 is 12.0 Å². The first-order chi connectivity index (χ1) is 10.0. The number of hydrogen-bond donors (Lipinski definition) is 2. The molecule has 0 aromatic rings. The van der Waals surface area contributed by atoms with Crippen molar-refractivity contribution in [2.45, 2.75) is 57.6 Å². The van der Waals surface area contributed by atoms with E-state index in [0.717, 1.165) is 0 Å². The predicted octanol–water partition coefficient (Wildman–Crippen LogP) is 2.04. The summed E-state index contributed by atoms with van der Waals surface area (Å²) in [6.45, 7) is 5.25. The van der Waals surface area contributed by atoms with E-state index >= 15 is 0 Å². The smallest absolute Gasteiger partial charge is 0.408 e. The molecule has 1 rings (SSSR count). The number of ether oxygens (including phenoxy) is 2. The zero-order chi connectivity index (χ0) is 17.0. The SMILES string of the molecule is COCNC(=O)[C@H](CC1CC(F)(F)C1)OC(=O)NC(C)(C)C. The number of alkyl halides is 2. The summed E-state index contributed by atoms with van der Waals surface area (Å²) in [5.41, 5.74) is -0.520. The van der Waals surface area contributed by atoms with E-state index in [1.807, 2.05) is 0 Å². The Balaban J connectivity index is 2.58. The maximum Gasteiger partial charge on any atom is 0.408 e. The molecule has 128 valence electrons.